The zero-order valence-corrected chi connectivity index (χ0v) is 12.4. The molecule has 96 valence electrons. The molecular formula is C13H15ClN2S2. The van der Waals surface area contributed by atoms with Crippen molar-refractivity contribution in [2.75, 3.05) is 5.75 Å². The molecule has 2 aromatic rings. The quantitative estimate of drug-likeness (QED) is 0.498. The minimum Gasteiger partial charge on any atom is -0.271 e. The monoisotopic (exact) mass is 298 g/mol. The zero-order chi connectivity index (χ0) is 13.0. The van der Waals surface area contributed by atoms with E-state index in [1.165, 1.54) is 10.4 Å². The summed E-state index contributed by atoms with van der Waals surface area (Å²) in [6.45, 7) is 2.10. The number of benzene rings is 1. The highest BCUT2D eigenvalue weighted by molar-refractivity contribution is 7.99. The smallest absolute Gasteiger partial charge is 0.0562 e. The van der Waals surface area contributed by atoms with E-state index in [0.29, 0.717) is 0 Å². The Labute approximate surface area is 121 Å². The van der Waals surface area contributed by atoms with Gasteiger partial charge in [0, 0.05) is 15.5 Å². The van der Waals surface area contributed by atoms with E-state index in [-0.39, 0.29) is 6.04 Å². The van der Waals surface area contributed by atoms with Crippen LogP contribution in [0, 0.1) is 6.92 Å². The van der Waals surface area contributed by atoms with E-state index < -0.39 is 0 Å². The highest BCUT2D eigenvalue weighted by atomic mass is 35.5. The predicted octanol–water partition coefficient (Wildman–Crippen LogP) is 4.01. The molecule has 1 aromatic carbocycles. The first-order valence-electron chi connectivity index (χ1n) is 5.59. The van der Waals surface area contributed by atoms with E-state index in [4.69, 9.17) is 17.4 Å². The van der Waals surface area contributed by atoms with Gasteiger partial charge in [0.1, 0.15) is 0 Å². The van der Waals surface area contributed by atoms with Crippen LogP contribution in [0.1, 0.15) is 16.5 Å². The summed E-state index contributed by atoms with van der Waals surface area (Å²) in [4.78, 5) is 2.39. The van der Waals surface area contributed by atoms with E-state index in [1.807, 2.05) is 24.3 Å². The molecule has 5 heteroatoms. The Kier molecular flexibility index (Phi) is 5.09. The molecule has 0 saturated heterocycles. The number of hydrogen-bond acceptors (Lipinski definition) is 4. The Morgan fingerprint density at radius 2 is 2.22 bits per heavy atom. The molecule has 3 N–H and O–H groups in total. The summed E-state index contributed by atoms with van der Waals surface area (Å²) in [6, 6.07) is 10.2. The van der Waals surface area contributed by atoms with Gasteiger partial charge in [-0.3, -0.25) is 11.3 Å². The third-order valence-corrected chi connectivity index (χ3v) is 5.08. The lowest BCUT2D eigenvalue weighted by Crippen LogP contribution is -2.29. The first kappa shape index (κ1) is 13.9. The molecule has 1 unspecified atom stereocenters. The van der Waals surface area contributed by atoms with Crippen molar-refractivity contribution in [3.63, 3.8) is 0 Å². The van der Waals surface area contributed by atoms with Crippen molar-refractivity contribution in [2.24, 2.45) is 5.84 Å². The molecule has 0 aliphatic heterocycles. The van der Waals surface area contributed by atoms with E-state index in [1.54, 1.807) is 23.1 Å². The SMILES string of the molecule is Cc1cc(C(CSc2ccccc2Cl)NN)cs1. The molecule has 2 nitrogen and oxygen atoms in total. The fourth-order valence-corrected chi connectivity index (χ4v) is 3.70. The average molecular weight is 299 g/mol. The lowest BCUT2D eigenvalue weighted by molar-refractivity contribution is 0.612. The number of rotatable bonds is 5. The van der Waals surface area contributed by atoms with Crippen molar-refractivity contribution in [1.82, 2.24) is 5.43 Å². The Morgan fingerprint density at radius 1 is 1.44 bits per heavy atom. The summed E-state index contributed by atoms with van der Waals surface area (Å²) in [6.07, 6.45) is 0. The number of halogens is 1. The minimum absolute atomic E-state index is 0.149. The predicted molar refractivity (Wildman–Crippen MR) is 81.3 cm³/mol. The number of thiophene rings is 1. The lowest BCUT2D eigenvalue weighted by atomic mass is 10.2. The van der Waals surface area contributed by atoms with Gasteiger partial charge in [-0.25, -0.2) is 0 Å². The standard InChI is InChI=1S/C13H15ClN2S2/c1-9-6-10(7-17-9)12(16-15)8-18-13-5-3-2-4-11(13)14/h2-7,12,16H,8,15H2,1H3. The molecule has 0 bridgehead atoms. The van der Waals surface area contributed by atoms with Gasteiger partial charge in [-0.1, -0.05) is 23.7 Å². The third kappa shape index (κ3) is 3.49. The fraction of sp³-hybridized carbons (Fsp3) is 0.231. The molecule has 1 aromatic heterocycles. The summed E-state index contributed by atoms with van der Waals surface area (Å²) in [5.41, 5.74) is 4.10. The highest BCUT2D eigenvalue weighted by Crippen LogP contribution is 2.30. The van der Waals surface area contributed by atoms with Crippen LogP contribution in [-0.2, 0) is 0 Å². The van der Waals surface area contributed by atoms with Crippen LogP contribution in [0.2, 0.25) is 5.02 Å². The van der Waals surface area contributed by atoms with Crippen molar-refractivity contribution >= 4 is 34.7 Å². The van der Waals surface area contributed by atoms with E-state index in [0.717, 1.165) is 15.7 Å². The average Bonchev–Trinajstić information content (AvgIpc) is 2.79. The fourth-order valence-electron chi connectivity index (χ4n) is 1.62. The molecule has 0 aliphatic carbocycles. The van der Waals surface area contributed by atoms with E-state index in [2.05, 4.69) is 23.8 Å². The maximum atomic E-state index is 6.13. The number of hydrazine groups is 1. The largest absolute Gasteiger partial charge is 0.271 e. The van der Waals surface area contributed by atoms with Crippen molar-refractivity contribution in [3.05, 3.63) is 51.2 Å². The maximum Gasteiger partial charge on any atom is 0.0562 e. The number of hydrogen-bond donors (Lipinski definition) is 2. The van der Waals surface area contributed by atoms with Crippen LogP contribution in [-0.4, -0.2) is 5.75 Å². The van der Waals surface area contributed by atoms with Crippen LogP contribution < -0.4 is 11.3 Å². The molecule has 1 heterocycles. The van der Waals surface area contributed by atoms with Gasteiger partial charge in [-0.15, -0.1) is 23.1 Å². The molecular weight excluding hydrogens is 284 g/mol. The van der Waals surface area contributed by atoms with Crippen LogP contribution >= 0.6 is 34.7 Å². The van der Waals surface area contributed by atoms with Crippen molar-refractivity contribution in [1.29, 1.82) is 0 Å². The second-order valence-electron chi connectivity index (χ2n) is 3.95. The lowest BCUT2D eigenvalue weighted by Gasteiger charge is -2.14. The summed E-state index contributed by atoms with van der Waals surface area (Å²) >= 11 is 9.59. The molecule has 0 amide bonds. The molecule has 0 saturated carbocycles. The summed E-state index contributed by atoms with van der Waals surface area (Å²) in [5.74, 6) is 6.48. The zero-order valence-electron chi connectivity index (χ0n) is 10.0. The van der Waals surface area contributed by atoms with Crippen molar-refractivity contribution in [2.45, 2.75) is 17.9 Å². The van der Waals surface area contributed by atoms with Crippen LogP contribution in [0.5, 0.6) is 0 Å². The third-order valence-electron chi connectivity index (χ3n) is 2.60. The van der Waals surface area contributed by atoms with Crippen molar-refractivity contribution in [3.8, 4) is 0 Å². The van der Waals surface area contributed by atoms with Crippen LogP contribution in [0.3, 0.4) is 0 Å². The van der Waals surface area contributed by atoms with Gasteiger partial charge < -0.3 is 0 Å². The van der Waals surface area contributed by atoms with Gasteiger partial charge in [-0.05, 0) is 36.1 Å². The van der Waals surface area contributed by atoms with Gasteiger partial charge in [0.15, 0.2) is 0 Å². The van der Waals surface area contributed by atoms with Gasteiger partial charge in [0.2, 0.25) is 0 Å². The molecule has 0 fully saturated rings. The highest BCUT2D eigenvalue weighted by Gasteiger charge is 2.12. The number of nitrogens with two attached hydrogens (primary N) is 1. The molecule has 0 aliphatic rings. The van der Waals surface area contributed by atoms with Crippen LogP contribution in [0.4, 0.5) is 0 Å². The molecule has 1 atom stereocenters. The number of thioether (sulfide) groups is 1. The van der Waals surface area contributed by atoms with Gasteiger partial charge >= 0.3 is 0 Å². The number of aryl methyl sites for hydroxylation is 1. The first-order valence-corrected chi connectivity index (χ1v) is 7.83. The molecule has 0 radical (unpaired) electrons. The summed E-state index contributed by atoms with van der Waals surface area (Å²) in [5, 5.41) is 2.94. The van der Waals surface area contributed by atoms with Crippen molar-refractivity contribution < 1.29 is 0 Å². The Balaban J connectivity index is 2.02. The molecule has 18 heavy (non-hydrogen) atoms. The maximum absolute atomic E-state index is 6.13. The Hall–Kier alpha value is -0.520. The van der Waals surface area contributed by atoms with Crippen LogP contribution in [0.15, 0.2) is 40.6 Å². The van der Waals surface area contributed by atoms with Gasteiger partial charge in [-0.2, -0.15) is 0 Å². The molecule has 0 spiro atoms. The Morgan fingerprint density at radius 3 is 2.83 bits per heavy atom. The van der Waals surface area contributed by atoms with E-state index in [9.17, 15) is 0 Å². The van der Waals surface area contributed by atoms with Gasteiger partial charge in [0.05, 0.1) is 11.1 Å². The molecule has 2 rings (SSSR count). The van der Waals surface area contributed by atoms with Gasteiger partial charge in [0.25, 0.3) is 0 Å². The van der Waals surface area contributed by atoms with E-state index >= 15 is 0 Å². The topological polar surface area (TPSA) is 38.0 Å². The van der Waals surface area contributed by atoms with Crippen LogP contribution in [0.25, 0.3) is 0 Å². The summed E-state index contributed by atoms with van der Waals surface area (Å²) in [7, 11) is 0. The first-order chi connectivity index (χ1) is 8.70. The second kappa shape index (κ2) is 6.59. The number of nitrogens with one attached hydrogen (secondary N) is 1. The minimum atomic E-state index is 0.149. The summed E-state index contributed by atoms with van der Waals surface area (Å²) < 4.78 is 0. The second-order valence-corrected chi connectivity index (χ2v) is 6.54. The Bertz CT molecular complexity index is 513. The normalized spacial score (nSPS) is 12.6.